The zero-order valence-corrected chi connectivity index (χ0v) is 43.8. The molecule has 0 bridgehead atoms. The number of nitriles is 1. The monoisotopic (exact) mass is 1010 g/mol. The minimum Gasteiger partial charge on any atom is -0.508 e. The number of phenols is 1. The van der Waals surface area contributed by atoms with Crippen LogP contribution in [-0.2, 0) is 56.0 Å². The van der Waals surface area contributed by atoms with Gasteiger partial charge in [-0.05, 0) is 135 Å². The highest BCUT2D eigenvalue weighted by atomic mass is 19.1. The van der Waals surface area contributed by atoms with Crippen molar-refractivity contribution in [2.75, 3.05) is 64.0 Å². The van der Waals surface area contributed by atoms with Crippen molar-refractivity contribution in [2.45, 2.75) is 84.5 Å². The maximum absolute atomic E-state index is 15.9. The summed E-state index contributed by atoms with van der Waals surface area (Å²) < 4.78 is 30.7. The number of amides is 3. The Kier molecular flexibility index (Phi) is 15.0. The molecule has 6 heterocycles. The molecule has 1 N–H and O–H groups in total. The summed E-state index contributed by atoms with van der Waals surface area (Å²) in [4.78, 5) is 55.4. The molecule has 2 saturated heterocycles. The summed E-state index contributed by atoms with van der Waals surface area (Å²) in [5, 5.41) is 20.3. The smallest absolute Gasteiger partial charge is 0.264 e. The molecule has 6 aromatic rings. The summed E-state index contributed by atoms with van der Waals surface area (Å²) in [5.74, 6) is -0.710. The van der Waals surface area contributed by atoms with Crippen molar-refractivity contribution in [1.82, 2.24) is 28.7 Å². The van der Waals surface area contributed by atoms with E-state index in [0.29, 0.717) is 120 Å². The van der Waals surface area contributed by atoms with Gasteiger partial charge in [0.2, 0.25) is 5.91 Å². The van der Waals surface area contributed by atoms with Gasteiger partial charge < -0.3 is 33.5 Å². The molecule has 14 nitrogen and oxygen atoms in total. The van der Waals surface area contributed by atoms with Crippen LogP contribution in [0.3, 0.4) is 0 Å². The number of morpholine rings is 1. The van der Waals surface area contributed by atoms with Gasteiger partial charge in [-0.3, -0.25) is 29.1 Å². The summed E-state index contributed by atoms with van der Waals surface area (Å²) in [5.41, 5.74) is 9.51. The molecular weight excluding hydrogens is 948 g/mol. The van der Waals surface area contributed by atoms with Crippen LogP contribution < -0.4 is 9.64 Å². The lowest BCUT2D eigenvalue weighted by Gasteiger charge is -2.43. The van der Waals surface area contributed by atoms with E-state index < -0.39 is 5.82 Å². The number of benzene rings is 4. The lowest BCUT2D eigenvalue weighted by Crippen LogP contribution is -2.52. The van der Waals surface area contributed by atoms with Crippen molar-refractivity contribution in [3.63, 3.8) is 0 Å². The largest absolute Gasteiger partial charge is 0.508 e. The Morgan fingerprint density at radius 1 is 0.840 bits per heavy atom. The standard InChI is InChI=1S/C60H67FN8O6/c1-39-10-8-9-20-66(39)38-49-28-42-11-6-7-12-45(42)37-68(49)59(72)54-30-46-36-67(58(71)31-44-13-18-51(33-55(44)61)75-27-24-65-22-25-74-26-23-65)21-19-43(46)29-53(54)57-34-52(40(2)64(57)5)60(73)69(47-14-16-50(70)17-15-47)56-32-48(35-62)63(4)41(56)3/h6-7,11-18,29-30,32-34,39,49,70H,8-10,19-28,31,36-38H2,1-5H3/t39-,49+/m1/s1. The second-order valence-electron chi connectivity index (χ2n) is 20.8. The molecular formula is C60H67FN8O6. The van der Waals surface area contributed by atoms with Crippen LogP contribution >= 0.6 is 0 Å². The number of fused-ring (bicyclic) bond motifs is 2. The third-order valence-corrected chi connectivity index (χ3v) is 16.3. The Balaban J connectivity index is 0.998. The molecule has 0 saturated carbocycles. The van der Waals surface area contributed by atoms with E-state index in [1.807, 2.05) is 48.6 Å². The van der Waals surface area contributed by atoms with Crippen LogP contribution in [0.2, 0.25) is 0 Å². The molecule has 2 fully saturated rings. The molecule has 390 valence electrons. The zero-order chi connectivity index (χ0) is 52.5. The average Bonchev–Trinajstić information content (AvgIpc) is 3.88. The summed E-state index contributed by atoms with van der Waals surface area (Å²) in [6.45, 7) is 13.0. The number of nitrogens with zero attached hydrogens (tertiary/aromatic N) is 8. The first-order chi connectivity index (χ1) is 36.3. The van der Waals surface area contributed by atoms with Gasteiger partial charge in [0.1, 0.15) is 35.7 Å². The lowest BCUT2D eigenvalue weighted by molar-refractivity contribution is -0.131. The topological polar surface area (TPSA) is 140 Å². The number of phenolic OH excluding ortho intramolecular Hbond substituents is 1. The van der Waals surface area contributed by atoms with E-state index >= 15 is 14.0 Å². The predicted molar refractivity (Wildman–Crippen MR) is 286 cm³/mol. The highest BCUT2D eigenvalue weighted by Gasteiger charge is 2.36. The number of carbonyl (C=O) groups is 3. The van der Waals surface area contributed by atoms with E-state index in [1.165, 1.54) is 30.2 Å². The first-order valence-electron chi connectivity index (χ1n) is 26.4. The summed E-state index contributed by atoms with van der Waals surface area (Å²) in [7, 11) is 3.69. The van der Waals surface area contributed by atoms with Crippen molar-refractivity contribution >= 4 is 29.1 Å². The zero-order valence-electron chi connectivity index (χ0n) is 43.8. The number of hydrogen-bond donors (Lipinski definition) is 1. The molecule has 0 radical (unpaired) electrons. The third-order valence-electron chi connectivity index (χ3n) is 16.3. The SMILES string of the molecule is Cc1c(N(C(=O)c2cc(-c3cc4c(cc3C(=O)N3Cc5ccccc5C[C@H]3CN3CCCC[C@H]3C)CN(C(=O)Cc3ccc(OCCN5CCOCC5)cc3F)CC4)n(C)c2C)c2ccc(O)cc2)cc(C#N)n1C. The number of hydrogen-bond acceptors (Lipinski definition) is 9. The number of halogens is 1. The number of likely N-dealkylation sites (tertiary alicyclic amines) is 1. The Hall–Kier alpha value is -7.25. The van der Waals surface area contributed by atoms with E-state index in [4.69, 9.17) is 9.47 Å². The van der Waals surface area contributed by atoms with Crippen LogP contribution in [0.25, 0.3) is 11.3 Å². The fourth-order valence-corrected chi connectivity index (χ4v) is 11.5. The molecule has 2 atom stereocenters. The second kappa shape index (κ2) is 21.9. The number of ether oxygens (including phenoxy) is 2. The van der Waals surface area contributed by atoms with Crippen LogP contribution in [0.5, 0.6) is 11.5 Å². The van der Waals surface area contributed by atoms with E-state index in [2.05, 4.69) is 47.1 Å². The Labute approximate surface area is 439 Å². The second-order valence-corrected chi connectivity index (χ2v) is 20.8. The Bertz CT molecular complexity index is 3170. The highest BCUT2D eigenvalue weighted by Crippen LogP contribution is 2.39. The maximum Gasteiger partial charge on any atom is 0.264 e. The maximum atomic E-state index is 15.9. The molecule has 0 aliphatic carbocycles. The molecule has 3 amide bonds. The first-order valence-corrected chi connectivity index (χ1v) is 26.4. The molecule has 75 heavy (non-hydrogen) atoms. The van der Waals surface area contributed by atoms with Crippen LogP contribution in [-0.4, -0.2) is 123 Å². The average molecular weight is 1020 g/mol. The predicted octanol–water partition coefficient (Wildman–Crippen LogP) is 8.62. The van der Waals surface area contributed by atoms with E-state index in [-0.39, 0.29) is 42.5 Å². The minimum atomic E-state index is -0.494. The normalized spacial score (nSPS) is 18.0. The van der Waals surface area contributed by atoms with Gasteiger partial charge in [-0.15, -0.1) is 0 Å². The highest BCUT2D eigenvalue weighted by molar-refractivity contribution is 6.13. The van der Waals surface area contributed by atoms with Crippen molar-refractivity contribution < 1.29 is 33.4 Å². The van der Waals surface area contributed by atoms with Crippen molar-refractivity contribution in [3.05, 3.63) is 153 Å². The van der Waals surface area contributed by atoms with E-state index in [1.54, 1.807) is 51.7 Å². The van der Waals surface area contributed by atoms with Crippen LogP contribution in [0.1, 0.15) is 91.8 Å². The van der Waals surface area contributed by atoms with Gasteiger partial charge in [-0.2, -0.15) is 5.26 Å². The molecule has 4 aromatic carbocycles. The molecule has 10 rings (SSSR count). The lowest BCUT2D eigenvalue weighted by atomic mass is 9.89. The van der Waals surface area contributed by atoms with Gasteiger partial charge in [0.25, 0.3) is 11.8 Å². The molecule has 4 aliphatic rings. The van der Waals surface area contributed by atoms with Gasteiger partial charge in [-0.1, -0.05) is 36.8 Å². The summed E-state index contributed by atoms with van der Waals surface area (Å²) in [6, 6.07) is 29.6. The first kappa shape index (κ1) is 51.2. The van der Waals surface area contributed by atoms with Crippen molar-refractivity contribution in [1.29, 1.82) is 5.26 Å². The number of aromatic hydroxyl groups is 1. The third kappa shape index (κ3) is 10.6. The summed E-state index contributed by atoms with van der Waals surface area (Å²) >= 11 is 0. The fourth-order valence-electron chi connectivity index (χ4n) is 11.5. The number of rotatable bonds is 13. The van der Waals surface area contributed by atoms with Gasteiger partial charge in [0.15, 0.2) is 0 Å². The fraction of sp³-hybridized carbons (Fsp3) is 0.400. The van der Waals surface area contributed by atoms with Crippen LogP contribution in [0.15, 0.2) is 91.0 Å². The van der Waals surface area contributed by atoms with E-state index in [9.17, 15) is 15.2 Å². The molecule has 4 aliphatic heterocycles. The molecule has 15 heteroatoms. The number of aromatic nitrogens is 2. The van der Waals surface area contributed by atoms with Gasteiger partial charge in [-0.25, -0.2) is 4.39 Å². The van der Waals surface area contributed by atoms with Gasteiger partial charge >= 0.3 is 0 Å². The van der Waals surface area contributed by atoms with Crippen molar-refractivity contribution in [3.8, 4) is 28.8 Å². The van der Waals surface area contributed by atoms with Gasteiger partial charge in [0, 0.05) is 112 Å². The van der Waals surface area contributed by atoms with Gasteiger partial charge in [0.05, 0.1) is 30.9 Å². The molecule has 2 aromatic heterocycles. The number of anilines is 2. The Morgan fingerprint density at radius 3 is 2.35 bits per heavy atom. The minimum absolute atomic E-state index is 0.0502. The van der Waals surface area contributed by atoms with E-state index in [0.717, 1.165) is 55.7 Å². The molecule has 0 unspecified atom stereocenters. The van der Waals surface area contributed by atoms with Crippen molar-refractivity contribution in [2.24, 2.45) is 14.1 Å². The molecule has 0 spiro atoms. The number of carbonyl (C=O) groups excluding carboxylic acids is 3. The Morgan fingerprint density at radius 2 is 1.61 bits per heavy atom. The number of piperidine rings is 1. The van der Waals surface area contributed by atoms with Crippen LogP contribution in [0, 0.1) is 31.0 Å². The quantitative estimate of drug-likeness (QED) is 0.121. The van der Waals surface area contributed by atoms with Crippen LogP contribution in [0.4, 0.5) is 15.8 Å². The summed E-state index contributed by atoms with van der Waals surface area (Å²) in [6.07, 6.45) is 4.53.